The molecule has 3 heterocycles. The Morgan fingerprint density at radius 2 is 2.05 bits per heavy atom. The van der Waals surface area contributed by atoms with Crippen LogP contribution in [0.25, 0.3) is 27.6 Å². The molecule has 0 saturated carbocycles. The molecule has 1 aromatic carbocycles. The first-order valence-corrected chi connectivity index (χ1v) is 5.87. The summed E-state index contributed by atoms with van der Waals surface area (Å²) in [7, 11) is 0. The van der Waals surface area contributed by atoms with Crippen molar-refractivity contribution in [3.05, 3.63) is 42.7 Å². The number of aromatic nitrogens is 5. The Hall–Kier alpha value is -2.89. The van der Waals surface area contributed by atoms with Gasteiger partial charge in [0, 0.05) is 17.8 Å². The van der Waals surface area contributed by atoms with Gasteiger partial charge in [0.05, 0.1) is 10.9 Å². The third-order valence-corrected chi connectivity index (χ3v) is 3.14. The highest BCUT2D eigenvalue weighted by atomic mass is 15.3. The van der Waals surface area contributed by atoms with Crippen LogP contribution >= 0.6 is 0 Å². The van der Waals surface area contributed by atoms with Crippen molar-refractivity contribution in [3.8, 4) is 5.82 Å². The van der Waals surface area contributed by atoms with Gasteiger partial charge in [-0.05, 0) is 12.1 Å². The number of fused-ring (bicyclic) bond motifs is 3. The van der Waals surface area contributed by atoms with E-state index < -0.39 is 0 Å². The van der Waals surface area contributed by atoms with Crippen LogP contribution in [-0.2, 0) is 0 Å². The fourth-order valence-electron chi connectivity index (χ4n) is 2.30. The fraction of sp³-hybridized carbons (Fsp3) is 0. The predicted molar refractivity (Wildman–Crippen MR) is 72.9 cm³/mol. The van der Waals surface area contributed by atoms with Crippen molar-refractivity contribution in [2.45, 2.75) is 0 Å². The van der Waals surface area contributed by atoms with Gasteiger partial charge < -0.3 is 5.73 Å². The van der Waals surface area contributed by atoms with Crippen LogP contribution in [0.2, 0.25) is 0 Å². The molecule has 6 heteroatoms. The Bertz CT molecular complexity index is 875. The Balaban J connectivity index is 2.22. The van der Waals surface area contributed by atoms with E-state index in [-0.39, 0.29) is 0 Å². The minimum Gasteiger partial charge on any atom is -0.382 e. The lowest BCUT2D eigenvalue weighted by atomic mass is 10.1. The second-order valence-electron chi connectivity index (χ2n) is 4.26. The van der Waals surface area contributed by atoms with E-state index in [1.807, 2.05) is 36.5 Å². The number of aromatic amines is 1. The third kappa shape index (κ3) is 1.33. The van der Waals surface area contributed by atoms with Gasteiger partial charge in [0.25, 0.3) is 0 Å². The Kier molecular flexibility index (Phi) is 1.88. The molecule has 92 valence electrons. The number of nitrogen functional groups attached to an aromatic ring is 1. The number of anilines is 1. The minimum absolute atomic E-state index is 0.444. The smallest absolute Gasteiger partial charge is 0.183 e. The largest absolute Gasteiger partial charge is 0.382 e. The lowest BCUT2D eigenvalue weighted by molar-refractivity contribution is 0.842. The zero-order chi connectivity index (χ0) is 12.8. The molecule has 4 aromatic rings. The Labute approximate surface area is 107 Å². The molecule has 0 aliphatic heterocycles. The highest BCUT2D eigenvalue weighted by molar-refractivity contribution is 6.11. The lowest BCUT2D eigenvalue weighted by Gasteiger charge is -2.03. The minimum atomic E-state index is 0.444. The van der Waals surface area contributed by atoms with E-state index in [1.54, 1.807) is 10.9 Å². The van der Waals surface area contributed by atoms with Crippen molar-refractivity contribution < 1.29 is 0 Å². The van der Waals surface area contributed by atoms with E-state index in [9.17, 15) is 0 Å². The maximum absolute atomic E-state index is 5.98. The molecule has 4 rings (SSSR count). The number of benzene rings is 1. The van der Waals surface area contributed by atoms with Crippen molar-refractivity contribution in [3.63, 3.8) is 0 Å². The number of hydrogen-bond acceptors (Lipinski definition) is 4. The van der Waals surface area contributed by atoms with Crippen LogP contribution in [0, 0.1) is 0 Å². The van der Waals surface area contributed by atoms with Crippen LogP contribution in [0.5, 0.6) is 0 Å². The highest BCUT2D eigenvalue weighted by Crippen LogP contribution is 2.30. The third-order valence-electron chi connectivity index (χ3n) is 3.14. The van der Waals surface area contributed by atoms with Crippen molar-refractivity contribution in [2.75, 3.05) is 5.73 Å². The molecule has 0 atom stereocenters. The van der Waals surface area contributed by atoms with Gasteiger partial charge in [0.1, 0.15) is 11.3 Å². The molecule has 3 aromatic heterocycles. The quantitative estimate of drug-likeness (QED) is 0.540. The standard InChI is InChI=1S/C13H10N6/c14-12-11-10(8-4-1-2-5-9(8)16-12)13(18-17-11)19-7-3-6-15-19/h1-7H,(H2,14,16)(H,17,18). The highest BCUT2D eigenvalue weighted by Gasteiger charge is 2.14. The summed E-state index contributed by atoms with van der Waals surface area (Å²) in [6, 6.07) is 9.71. The molecule has 0 bridgehead atoms. The van der Waals surface area contributed by atoms with E-state index in [2.05, 4.69) is 20.3 Å². The summed E-state index contributed by atoms with van der Waals surface area (Å²) < 4.78 is 1.71. The average Bonchev–Trinajstić information content (AvgIpc) is 3.08. The number of pyridine rings is 1. The second kappa shape index (κ2) is 3.55. The molecule has 0 aliphatic rings. The first kappa shape index (κ1) is 10.1. The molecule has 0 saturated heterocycles. The van der Waals surface area contributed by atoms with Crippen LogP contribution in [0.15, 0.2) is 42.7 Å². The number of rotatable bonds is 1. The Morgan fingerprint density at radius 1 is 1.16 bits per heavy atom. The number of nitrogens with two attached hydrogens (primary N) is 1. The van der Waals surface area contributed by atoms with Crippen LogP contribution in [0.4, 0.5) is 5.82 Å². The zero-order valence-electron chi connectivity index (χ0n) is 9.91. The summed E-state index contributed by atoms with van der Waals surface area (Å²) in [5, 5.41) is 13.4. The summed E-state index contributed by atoms with van der Waals surface area (Å²) in [5.74, 6) is 1.17. The molecule has 0 radical (unpaired) electrons. The van der Waals surface area contributed by atoms with Crippen molar-refractivity contribution >= 4 is 27.6 Å². The van der Waals surface area contributed by atoms with Crippen LogP contribution in [0.1, 0.15) is 0 Å². The molecular formula is C13H10N6. The summed E-state index contributed by atoms with van der Waals surface area (Å²) in [6.45, 7) is 0. The lowest BCUT2D eigenvalue weighted by Crippen LogP contribution is -1.96. The van der Waals surface area contributed by atoms with Gasteiger partial charge in [-0.3, -0.25) is 5.10 Å². The average molecular weight is 250 g/mol. The maximum atomic E-state index is 5.98. The van der Waals surface area contributed by atoms with Gasteiger partial charge >= 0.3 is 0 Å². The molecule has 19 heavy (non-hydrogen) atoms. The second-order valence-corrected chi connectivity index (χ2v) is 4.26. The van der Waals surface area contributed by atoms with Crippen molar-refractivity contribution in [1.29, 1.82) is 0 Å². The summed E-state index contributed by atoms with van der Waals surface area (Å²) in [6.07, 6.45) is 3.56. The first-order chi connectivity index (χ1) is 9.34. The van der Waals surface area contributed by atoms with Gasteiger partial charge in [-0.15, -0.1) is 0 Å². The number of hydrogen-bond donors (Lipinski definition) is 2. The van der Waals surface area contributed by atoms with Crippen LogP contribution in [-0.4, -0.2) is 25.0 Å². The van der Waals surface area contributed by atoms with Gasteiger partial charge in [-0.2, -0.15) is 10.2 Å². The number of H-pyrrole nitrogens is 1. The molecule has 0 amide bonds. The van der Waals surface area contributed by atoms with Crippen molar-refractivity contribution in [1.82, 2.24) is 25.0 Å². The first-order valence-electron chi connectivity index (χ1n) is 5.87. The molecule has 6 nitrogen and oxygen atoms in total. The van der Waals surface area contributed by atoms with Crippen LogP contribution in [0.3, 0.4) is 0 Å². The maximum Gasteiger partial charge on any atom is 0.183 e. The topological polar surface area (TPSA) is 85.4 Å². The van der Waals surface area contributed by atoms with Gasteiger partial charge in [0.2, 0.25) is 0 Å². The van der Waals surface area contributed by atoms with Gasteiger partial charge in [-0.1, -0.05) is 18.2 Å². The molecule has 0 unspecified atom stereocenters. The molecule has 0 fully saturated rings. The van der Waals surface area contributed by atoms with E-state index in [1.165, 1.54) is 0 Å². The monoisotopic (exact) mass is 250 g/mol. The normalized spacial score (nSPS) is 11.4. The molecular weight excluding hydrogens is 240 g/mol. The summed E-state index contributed by atoms with van der Waals surface area (Å²) in [5.41, 5.74) is 7.57. The van der Waals surface area contributed by atoms with E-state index in [4.69, 9.17) is 5.73 Å². The van der Waals surface area contributed by atoms with E-state index in [0.29, 0.717) is 5.82 Å². The number of nitrogens with one attached hydrogen (secondary N) is 1. The summed E-state index contributed by atoms with van der Waals surface area (Å²) in [4.78, 5) is 4.38. The van der Waals surface area contributed by atoms with Gasteiger partial charge in [-0.25, -0.2) is 9.67 Å². The van der Waals surface area contributed by atoms with Crippen LogP contribution < -0.4 is 5.73 Å². The van der Waals surface area contributed by atoms with Gasteiger partial charge in [0.15, 0.2) is 5.82 Å². The van der Waals surface area contributed by atoms with Crippen molar-refractivity contribution in [2.24, 2.45) is 0 Å². The molecule has 3 N–H and O–H groups in total. The van der Waals surface area contributed by atoms with E-state index in [0.717, 1.165) is 27.6 Å². The molecule has 0 spiro atoms. The number of para-hydroxylation sites is 1. The number of nitrogens with zero attached hydrogens (tertiary/aromatic N) is 4. The Morgan fingerprint density at radius 3 is 2.89 bits per heavy atom. The predicted octanol–water partition coefficient (Wildman–Crippen LogP) is 1.88. The SMILES string of the molecule is Nc1nc2ccccc2c2c(-n3cccn3)n[nH]c12. The van der Waals surface area contributed by atoms with E-state index >= 15 is 0 Å². The molecule has 0 aliphatic carbocycles. The summed E-state index contributed by atoms with van der Waals surface area (Å²) >= 11 is 0. The zero-order valence-corrected chi connectivity index (χ0v) is 9.91. The fourth-order valence-corrected chi connectivity index (χ4v) is 2.30.